The van der Waals surface area contributed by atoms with E-state index in [4.69, 9.17) is 10.8 Å². The quantitative estimate of drug-likeness (QED) is 0.869. The number of halogens is 1. The van der Waals surface area contributed by atoms with Crippen molar-refractivity contribution in [2.24, 2.45) is 0 Å². The predicted molar refractivity (Wildman–Crippen MR) is 69.2 cm³/mol. The van der Waals surface area contributed by atoms with Gasteiger partial charge in [0.25, 0.3) is 0 Å². The molecule has 1 unspecified atom stereocenters. The average molecular weight is 278 g/mol. The molecule has 1 atom stereocenters. The summed E-state index contributed by atoms with van der Waals surface area (Å²) in [4.78, 5) is 0. The third kappa shape index (κ3) is 1.99. The Kier molecular flexibility index (Phi) is 3.33. The molecule has 82 valence electrons. The fourth-order valence-corrected chi connectivity index (χ4v) is 2.10. The van der Waals surface area contributed by atoms with E-state index in [0.717, 1.165) is 27.7 Å². The summed E-state index contributed by atoms with van der Waals surface area (Å²) in [6, 6.07) is 7.75. The molecule has 1 aromatic heterocycles. The van der Waals surface area contributed by atoms with Crippen molar-refractivity contribution >= 4 is 26.9 Å². The highest BCUT2D eigenvalue weighted by Crippen LogP contribution is 2.29. The second-order valence-electron chi connectivity index (χ2n) is 3.46. The molecule has 1 heterocycles. The van der Waals surface area contributed by atoms with Gasteiger partial charge in [0, 0.05) is 5.39 Å². The number of furan rings is 1. The number of rotatable bonds is 3. The van der Waals surface area contributed by atoms with Crippen molar-refractivity contribution in [2.45, 2.75) is 13.0 Å². The number of nitrogens with one attached hydrogen (secondary N) is 1. The van der Waals surface area contributed by atoms with E-state index in [1.54, 1.807) is 0 Å². The topological polar surface area (TPSA) is 25.2 Å². The van der Waals surface area contributed by atoms with Crippen LogP contribution in [0.5, 0.6) is 0 Å². The standard InChI is InChI=1S/C13H12BrNO/c1-3-11(15-4-2)12-8-9-6-5-7-10(14)13(9)16-12/h1,5-8,11,15H,4H2,2H3. The maximum atomic E-state index is 5.75. The van der Waals surface area contributed by atoms with Gasteiger partial charge in [-0.2, -0.15) is 0 Å². The lowest BCUT2D eigenvalue weighted by Crippen LogP contribution is -2.18. The normalized spacial score (nSPS) is 12.6. The molecule has 16 heavy (non-hydrogen) atoms. The lowest BCUT2D eigenvalue weighted by molar-refractivity contribution is 0.491. The van der Waals surface area contributed by atoms with E-state index < -0.39 is 0 Å². The number of terminal acetylenes is 1. The monoisotopic (exact) mass is 277 g/mol. The summed E-state index contributed by atoms with van der Waals surface area (Å²) in [5.41, 5.74) is 0.843. The van der Waals surface area contributed by atoms with Gasteiger partial charge in [0.15, 0.2) is 0 Å². The van der Waals surface area contributed by atoms with Crippen LogP contribution >= 0.6 is 15.9 Å². The molecule has 0 aliphatic carbocycles. The van der Waals surface area contributed by atoms with Crippen LogP contribution in [0.1, 0.15) is 18.7 Å². The second-order valence-corrected chi connectivity index (χ2v) is 4.32. The zero-order valence-electron chi connectivity index (χ0n) is 8.96. The molecule has 0 amide bonds. The maximum Gasteiger partial charge on any atom is 0.148 e. The van der Waals surface area contributed by atoms with Crippen molar-refractivity contribution in [1.29, 1.82) is 0 Å². The fraction of sp³-hybridized carbons (Fsp3) is 0.231. The highest BCUT2D eigenvalue weighted by Gasteiger charge is 2.13. The van der Waals surface area contributed by atoms with E-state index in [0.29, 0.717) is 0 Å². The Labute approximate surface area is 103 Å². The molecule has 0 spiro atoms. The highest BCUT2D eigenvalue weighted by atomic mass is 79.9. The van der Waals surface area contributed by atoms with Gasteiger partial charge in [-0.3, -0.25) is 5.32 Å². The summed E-state index contributed by atoms with van der Waals surface area (Å²) in [6.45, 7) is 2.83. The van der Waals surface area contributed by atoms with Crippen LogP contribution < -0.4 is 5.32 Å². The van der Waals surface area contributed by atoms with Crippen LogP contribution in [-0.4, -0.2) is 6.54 Å². The van der Waals surface area contributed by atoms with Crippen molar-refractivity contribution in [2.75, 3.05) is 6.54 Å². The van der Waals surface area contributed by atoms with E-state index in [2.05, 4.69) is 27.2 Å². The van der Waals surface area contributed by atoms with Gasteiger partial charge in [-0.15, -0.1) is 6.42 Å². The molecule has 2 nitrogen and oxygen atoms in total. The molecule has 2 aromatic rings. The van der Waals surface area contributed by atoms with Crippen molar-refractivity contribution in [3.8, 4) is 12.3 Å². The summed E-state index contributed by atoms with van der Waals surface area (Å²) in [7, 11) is 0. The smallest absolute Gasteiger partial charge is 0.148 e. The molecular formula is C13H12BrNO. The zero-order chi connectivity index (χ0) is 11.5. The Morgan fingerprint density at radius 1 is 1.56 bits per heavy atom. The van der Waals surface area contributed by atoms with E-state index in [1.807, 2.05) is 31.2 Å². The SMILES string of the molecule is C#CC(NCC)c1cc2cccc(Br)c2o1. The summed E-state index contributed by atoms with van der Waals surface area (Å²) < 4.78 is 6.70. The van der Waals surface area contributed by atoms with E-state index >= 15 is 0 Å². The lowest BCUT2D eigenvalue weighted by Gasteiger charge is -2.06. The van der Waals surface area contributed by atoms with Crippen LogP contribution in [0.25, 0.3) is 11.0 Å². The van der Waals surface area contributed by atoms with Gasteiger partial charge in [0.05, 0.1) is 4.47 Å². The molecule has 0 saturated carbocycles. The van der Waals surface area contributed by atoms with Crippen LogP contribution in [0.2, 0.25) is 0 Å². The van der Waals surface area contributed by atoms with Crippen LogP contribution in [0, 0.1) is 12.3 Å². The molecule has 1 N–H and O–H groups in total. The van der Waals surface area contributed by atoms with Crippen LogP contribution in [0.3, 0.4) is 0 Å². The molecule has 0 saturated heterocycles. The first kappa shape index (κ1) is 11.3. The molecule has 0 radical (unpaired) electrons. The maximum absolute atomic E-state index is 5.75. The first-order valence-electron chi connectivity index (χ1n) is 5.13. The minimum atomic E-state index is -0.163. The van der Waals surface area contributed by atoms with Crippen molar-refractivity contribution < 1.29 is 4.42 Å². The highest BCUT2D eigenvalue weighted by molar-refractivity contribution is 9.10. The van der Waals surface area contributed by atoms with Gasteiger partial charge < -0.3 is 4.42 Å². The van der Waals surface area contributed by atoms with Crippen LogP contribution in [0.15, 0.2) is 33.2 Å². The minimum Gasteiger partial charge on any atom is -0.457 e. The Balaban J connectivity index is 2.47. The summed E-state index contributed by atoms with van der Waals surface area (Å²) in [5, 5.41) is 4.24. The van der Waals surface area contributed by atoms with E-state index in [-0.39, 0.29) is 6.04 Å². The number of hydrogen-bond donors (Lipinski definition) is 1. The summed E-state index contributed by atoms with van der Waals surface area (Å²) in [6.07, 6.45) is 5.47. The summed E-state index contributed by atoms with van der Waals surface area (Å²) >= 11 is 3.45. The van der Waals surface area contributed by atoms with Crippen LogP contribution in [0.4, 0.5) is 0 Å². The van der Waals surface area contributed by atoms with E-state index in [9.17, 15) is 0 Å². The van der Waals surface area contributed by atoms with Gasteiger partial charge in [-0.25, -0.2) is 0 Å². The predicted octanol–water partition coefficient (Wildman–Crippen LogP) is 3.48. The van der Waals surface area contributed by atoms with Gasteiger partial charge >= 0.3 is 0 Å². The second kappa shape index (κ2) is 4.73. The number of benzene rings is 1. The third-order valence-electron chi connectivity index (χ3n) is 2.37. The van der Waals surface area contributed by atoms with Gasteiger partial charge in [0.2, 0.25) is 0 Å². The fourth-order valence-electron chi connectivity index (χ4n) is 1.64. The molecule has 2 rings (SSSR count). The third-order valence-corrected chi connectivity index (χ3v) is 3.00. The lowest BCUT2D eigenvalue weighted by atomic mass is 10.2. The Morgan fingerprint density at radius 2 is 2.38 bits per heavy atom. The molecule has 3 heteroatoms. The molecule has 0 aliphatic rings. The largest absolute Gasteiger partial charge is 0.457 e. The Hall–Kier alpha value is -1.24. The van der Waals surface area contributed by atoms with Crippen molar-refractivity contribution in [3.63, 3.8) is 0 Å². The first-order valence-corrected chi connectivity index (χ1v) is 5.93. The van der Waals surface area contributed by atoms with Gasteiger partial charge in [-0.05, 0) is 34.6 Å². The zero-order valence-corrected chi connectivity index (χ0v) is 10.5. The number of hydrogen-bond acceptors (Lipinski definition) is 2. The van der Waals surface area contributed by atoms with Gasteiger partial charge in [0.1, 0.15) is 17.4 Å². The Morgan fingerprint density at radius 3 is 3.00 bits per heavy atom. The molecular weight excluding hydrogens is 266 g/mol. The van der Waals surface area contributed by atoms with E-state index in [1.165, 1.54) is 0 Å². The van der Waals surface area contributed by atoms with Crippen molar-refractivity contribution in [3.05, 3.63) is 34.5 Å². The molecule has 0 aliphatic heterocycles. The number of fused-ring (bicyclic) bond motifs is 1. The number of para-hydroxylation sites is 1. The Bertz CT molecular complexity index is 538. The first-order chi connectivity index (χ1) is 7.76. The molecule has 1 aromatic carbocycles. The molecule has 0 fully saturated rings. The van der Waals surface area contributed by atoms with Crippen LogP contribution in [-0.2, 0) is 0 Å². The molecule has 0 bridgehead atoms. The summed E-state index contributed by atoms with van der Waals surface area (Å²) in [5.74, 6) is 3.46. The van der Waals surface area contributed by atoms with Gasteiger partial charge in [-0.1, -0.05) is 25.0 Å². The van der Waals surface area contributed by atoms with Crippen molar-refractivity contribution in [1.82, 2.24) is 5.32 Å². The minimum absolute atomic E-state index is 0.163. The average Bonchev–Trinajstić information content (AvgIpc) is 2.71.